The molecular weight excluding hydrogens is 184 g/mol. The fraction of sp³-hybridized carbons (Fsp3) is 0.455. The fourth-order valence-electron chi connectivity index (χ4n) is 1.79. The van der Waals surface area contributed by atoms with Gasteiger partial charge in [0.1, 0.15) is 0 Å². The molecule has 13 heavy (non-hydrogen) atoms. The molecular formula is C11H13ClO. The Morgan fingerprint density at radius 1 is 1.46 bits per heavy atom. The fourth-order valence-corrected chi connectivity index (χ4v) is 1.97. The summed E-state index contributed by atoms with van der Waals surface area (Å²) in [7, 11) is 1.77. The van der Waals surface area contributed by atoms with E-state index in [4.69, 9.17) is 16.3 Å². The molecule has 1 nitrogen and oxygen atoms in total. The lowest BCUT2D eigenvalue weighted by molar-refractivity contribution is 0.178. The molecule has 2 rings (SSSR count). The zero-order valence-corrected chi connectivity index (χ0v) is 8.64. The normalized spacial score (nSPS) is 26.1. The third-order valence-electron chi connectivity index (χ3n) is 2.74. The van der Waals surface area contributed by atoms with Crippen molar-refractivity contribution >= 4 is 11.6 Å². The van der Waals surface area contributed by atoms with Crippen LogP contribution < -0.4 is 0 Å². The second-order valence-corrected chi connectivity index (χ2v) is 3.98. The summed E-state index contributed by atoms with van der Waals surface area (Å²) < 4.78 is 5.28. The van der Waals surface area contributed by atoms with Crippen LogP contribution in [0.3, 0.4) is 0 Å². The van der Waals surface area contributed by atoms with Crippen molar-refractivity contribution in [1.82, 2.24) is 0 Å². The summed E-state index contributed by atoms with van der Waals surface area (Å²) in [4.78, 5) is 0. The second kappa shape index (κ2) is 3.32. The number of halogens is 1. The number of rotatable bonds is 2. The Morgan fingerprint density at radius 3 is 2.85 bits per heavy atom. The van der Waals surface area contributed by atoms with E-state index in [0.29, 0.717) is 12.0 Å². The molecule has 70 valence electrons. The highest BCUT2D eigenvalue weighted by atomic mass is 35.5. The Labute approximate surface area is 83.7 Å². The summed E-state index contributed by atoms with van der Waals surface area (Å²) in [5.74, 6) is 0.573. The monoisotopic (exact) mass is 196 g/mol. The molecule has 0 heterocycles. The Kier molecular flexibility index (Phi) is 2.31. The van der Waals surface area contributed by atoms with E-state index in [1.165, 1.54) is 11.1 Å². The predicted octanol–water partition coefficient (Wildman–Crippen LogP) is 3.15. The van der Waals surface area contributed by atoms with Gasteiger partial charge in [0.15, 0.2) is 0 Å². The minimum Gasteiger partial charge on any atom is -0.381 e. The summed E-state index contributed by atoms with van der Waals surface area (Å²) in [6.07, 6.45) is 1.55. The van der Waals surface area contributed by atoms with Crippen molar-refractivity contribution in [3.8, 4) is 0 Å². The highest BCUT2D eigenvalue weighted by Gasteiger charge is 2.39. The highest BCUT2D eigenvalue weighted by molar-refractivity contribution is 6.31. The van der Waals surface area contributed by atoms with E-state index < -0.39 is 0 Å². The van der Waals surface area contributed by atoms with Gasteiger partial charge in [0.2, 0.25) is 0 Å². The molecule has 0 radical (unpaired) electrons. The first-order valence-electron chi connectivity index (χ1n) is 4.52. The van der Waals surface area contributed by atoms with Crippen LogP contribution in [0.5, 0.6) is 0 Å². The molecule has 2 unspecified atom stereocenters. The van der Waals surface area contributed by atoms with Gasteiger partial charge in [0, 0.05) is 18.1 Å². The van der Waals surface area contributed by atoms with Gasteiger partial charge < -0.3 is 4.74 Å². The van der Waals surface area contributed by atoms with Gasteiger partial charge in [-0.3, -0.25) is 0 Å². The number of hydrogen-bond acceptors (Lipinski definition) is 1. The molecule has 1 fully saturated rings. The third-order valence-corrected chi connectivity index (χ3v) is 3.15. The van der Waals surface area contributed by atoms with Gasteiger partial charge in [-0.05, 0) is 30.5 Å². The van der Waals surface area contributed by atoms with Gasteiger partial charge in [0.05, 0.1) is 6.10 Å². The van der Waals surface area contributed by atoms with Gasteiger partial charge in [-0.25, -0.2) is 0 Å². The lowest BCUT2D eigenvalue weighted by Crippen LogP contribution is -1.93. The lowest BCUT2D eigenvalue weighted by Gasteiger charge is -2.05. The minimum atomic E-state index is 0.414. The van der Waals surface area contributed by atoms with Crippen molar-refractivity contribution in [1.29, 1.82) is 0 Å². The maximum Gasteiger partial charge on any atom is 0.0647 e. The van der Waals surface area contributed by atoms with Crippen LogP contribution in [0.15, 0.2) is 18.2 Å². The van der Waals surface area contributed by atoms with Gasteiger partial charge in [-0.15, -0.1) is 0 Å². The Morgan fingerprint density at radius 2 is 2.23 bits per heavy atom. The third kappa shape index (κ3) is 1.59. The molecule has 0 aliphatic heterocycles. The van der Waals surface area contributed by atoms with Gasteiger partial charge in [0.25, 0.3) is 0 Å². The van der Waals surface area contributed by atoms with Gasteiger partial charge in [-0.2, -0.15) is 0 Å². The quantitative estimate of drug-likeness (QED) is 0.706. The standard InChI is InChI=1S/C11H13ClO/c1-7-8(4-3-5-10(7)12)9-6-11(9)13-2/h3-5,9,11H,6H2,1-2H3. The summed E-state index contributed by atoms with van der Waals surface area (Å²) in [5.41, 5.74) is 2.55. The van der Waals surface area contributed by atoms with Gasteiger partial charge in [-0.1, -0.05) is 23.7 Å². The SMILES string of the molecule is COC1CC1c1cccc(Cl)c1C. The minimum absolute atomic E-state index is 0.414. The zero-order chi connectivity index (χ0) is 9.42. The predicted molar refractivity (Wildman–Crippen MR) is 54.3 cm³/mol. The molecule has 1 aromatic rings. The van der Waals surface area contributed by atoms with Crippen LogP contribution in [0.2, 0.25) is 5.02 Å². The van der Waals surface area contributed by atoms with E-state index in [1.807, 2.05) is 12.1 Å². The van der Waals surface area contributed by atoms with Crippen LogP contribution >= 0.6 is 11.6 Å². The van der Waals surface area contributed by atoms with Crippen LogP contribution in [-0.2, 0) is 4.74 Å². The summed E-state index contributed by atoms with van der Waals surface area (Å²) in [6.45, 7) is 2.07. The van der Waals surface area contributed by atoms with Crippen molar-refractivity contribution in [2.24, 2.45) is 0 Å². The van der Waals surface area contributed by atoms with Crippen LogP contribution in [0.1, 0.15) is 23.5 Å². The first-order valence-corrected chi connectivity index (χ1v) is 4.89. The van der Waals surface area contributed by atoms with Crippen LogP contribution in [-0.4, -0.2) is 13.2 Å². The first kappa shape index (κ1) is 9.04. The van der Waals surface area contributed by atoms with Crippen molar-refractivity contribution in [2.75, 3.05) is 7.11 Å². The van der Waals surface area contributed by atoms with E-state index >= 15 is 0 Å². The molecule has 1 aromatic carbocycles. The molecule has 2 atom stereocenters. The van der Waals surface area contributed by atoms with E-state index in [2.05, 4.69) is 13.0 Å². The van der Waals surface area contributed by atoms with E-state index in [0.717, 1.165) is 11.4 Å². The molecule has 2 heteroatoms. The average Bonchev–Trinajstić information content (AvgIpc) is 2.89. The topological polar surface area (TPSA) is 9.23 Å². The Hall–Kier alpha value is -0.530. The molecule has 0 bridgehead atoms. The van der Waals surface area contributed by atoms with Crippen molar-refractivity contribution < 1.29 is 4.74 Å². The number of methoxy groups -OCH3 is 1. The van der Waals surface area contributed by atoms with E-state index in [1.54, 1.807) is 7.11 Å². The van der Waals surface area contributed by atoms with Crippen molar-refractivity contribution in [2.45, 2.75) is 25.4 Å². The van der Waals surface area contributed by atoms with E-state index in [9.17, 15) is 0 Å². The first-order chi connectivity index (χ1) is 6.24. The smallest absolute Gasteiger partial charge is 0.0647 e. The maximum absolute atomic E-state index is 6.04. The maximum atomic E-state index is 6.04. The zero-order valence-electron chi connectivity index (χ0n) is 7.88. The van der Waals surface area contributed by atoms with Crippen molar-refractivity contribution in [3.63, 3.8) is 0 Å². The largest absolute Gasteiger partial charge is 0.381 e. The average molecular weight is 197 g/mol. The molecule has 0 aromatic heterocycles. The second-order valence-electron chi connectivity index (χ2n) is 3.57. The molecule has 0 amide bonds. The van der Waals surface area contributed by atoms with E-state index in [-0.39, 0.29) is 0 Å². The summed E-state index contributed by atoms with van der Waals surface area (Å²) >= 11 is 6.04. The molecule has 1 aliphatic carbocycles. The van der Waals surface area contributed by atoms with Crippen molar-refractivity contribution in [3.05, 3.63) is 34.3 Å². The molecule has 1 aliphatic rings. The number of benzene rings is 1. The summed E-state index contributed by atoms with van der Waals surface area (Å²) in [5, 5.41) is 0.860. The van der Waals surface area contributed by atoms with Crippen LogP contribution in [0.4, 0.5) is 0 Å². The molecule has 1 saturated carbocycles. The number of ether oxygens (including phenoxy) is 1. The Bertz CT molecular complexity index is 322. The van der Waals surface area contributed by atoms with Crippen LogP contribution in [0, 0.1) is 6.92 Å². The molecule has 0 spiro atoms. The molecule has 0 N–H and O–H groups in total. The lowest BCUT2D eigenvalue weighted by atomic mass is 10.0. The van der Waals surface area contributed by atoms with Crippen LogP contribution in [0.25, 0.3) is 0 Å². The summed E-state index contributed by atoms with van der Waals surface area (Å²) in [6, 6.07) is 6.09. The molecule has 0 saturated heterocycles. The Balaban J connectivity index is 2.27. The highest BCUT2D eigenvalue weighted by Crippen LogP contribution is 2.45. The van der Waals surface area contributed by atoms with Gasteiger partial charge >= 0.3 is 0 Å². The number of hydrogen-bond donors (Lipinski definition) is 0.